The van der Waals surface area contributed by atoms with Gasteiger partial charge in [0.1, 0.15) is 11.4 Å². The lowest BCUT2D eigenvalue weighted by Crippen LogP contribution is -2.27. The highest BCUT2D eigenvalue weighted by molar-refractivity contribution is 5.85. The van der Waals surface area contributed by atoms with Crippen molar-refractivity contribution >= 4 is 11.8 Å². The van der Waals surface area contributed by atoms with Crippen LogP contribution in [0, 0.1) is 5.82 Å². The molecule has 1 rings (SSSR count). The Bertz CT molecular complexity index is 467. The molecule has 0 fully saturated rings. The smallest absolute Gasteiger partial charge is 0.412 e. The maximum Gasteiger partial charge on any atom is 0.412 e. The molecule has 1 aromatic carbocycles. The lowest BCUT2D eigenvalue weighted by atomic mass is 10.1. The second-order valence-electron chi connectivity index (χ2n) is 5.82. The minimum Gasteiger partial charge on any atom is -0.444 e. The molecule has 20 heavy (non-hydrogen) atoms. The number of hydrogen-bond acceptors (Lipinski definition) is 3. The summed E-state index contributed by atoms with van der Waals surface area (Å²) in [5.41, 5.74) is 0.544. The third kappa shape index (κ3) is 6.02. The van der Waals surface area contributed by atoms with Crippen LogP contribution in [0.5, 0.6) is 0 Å². The molecule has 0 aromatic heterocycles. The van der Waals surface area contributed by atoms with Gasteiger partial charge in [-0.05, 0) is 64.3 Å². The zero-order chi connectivity index (χ0) is 15.3. The van der Waals surface area contributed by atoms with E-state index in [1.165, 1.54) is 18.2 Å². The fourth-order valence-corrected chi connectivity index (χ4v) is 1.67. The van der Waals surface area contributed by atoms with E-state index in [-0.39, 0.29) is 5.82 Å². The fraction of sp³-hybridized carbons (Fsp3) is 0.533. The first-order valence-electron chi connectivity index (χ1n) is 6.64. The van der Waals surface area contributed by atoms with Crippen molar-refractivity contribution < 1.29 is 19.0 Å². The molecule has 0 radical (unpaired) electrons. The van der Waals surface area contributed by atoms with Gasteiger partial charge in [0.2, 0.25) is 0 Å². The lowest BCUT2D eigenvalue weighted by molar-refractivity contribution is 0.0635. The average Bonchev–Trinajstić information content (AvgIpc) is 2.26. The van der Waals surface area contributed by atoms with Crippen LogP contribution in [0.15, 0.2) is 18.2 Å². The molecule has 0 spiro atoms. The molecule has 5 heteroatoms. The van der Waals surface area contributed by atoms with E-state index in [0.29, 0.717) is 24.1 Å². The Morgan fingerprint density at radius 2 is 2.10 bits per heavy atom. The lowest BCUT2D eigenvalue weighted by Gasteiger charge is -2.20. The van der Waals surface area contributed by atoms with Crippen molar-refractivity contribution in [1.82, 2.24) is 0 Å². The average molecular weight is 283 g/mol. The van der Waals surface area contributed by atoms with Gasteiger partial charge in [-0.25, -0.2) is 9.18 Å². The molecule has 0 heterocycles. The number of anilines is 1. The maximum atomic E-state index is 13.3. The minimum absolute atomic E-state index is 0.375. The van der Waals surface area contributed by atoms with Crippen molar-refractivity contribution in [2.45, 2.75) is 52.2 Å². The molecule has 2 N–H and O–H groups in total. The minimum atomic E-state index is -0.593. The Balaban J connectivity index is 2.80. The summed E-state index contributed by atoms with van der Waals surface area (Å²) in [6.45, 7) is 6.98. The molecule has 1 atom stereocenters. The van der Waals surface area contributed by atoms with Crippen LogP contribution in [0.4, 0.5) is 14.9 Å². The van der Waals surface area contributed by atoms with Gasteiger partial charge in [-0.1, -0.05) is 0 Å². The number of halogens is 1. The number of rotatable bonds is 4. The van der Waals surface area contributed by atoms with Crippen LogP contribution < -0.4 is 5.32 Å². The largest absolute Gasteiger partial charge is 0.444 e. The van der Waals surface area contributed by atoms with E-state index in [0.717, 1.165) is 0 Å². The Kier molecular flexibility index (Phi) is 5.51. The van der Waals surface area contributed by atoms with E-state index < -0.39 is 17.8 Å². The van der Waals surface area contributed by atoms with Crippen molar-refractivity contribution in [1.29, 1.82) is 0 Å². The number of amides is 1. The second kappa shape index (κ2) is 6.70. The van der Waals surface area contributed by atoms with E-state index in [1.54, 1.807) is 27.7 Å². The van der Waals surface area contributed by atoms with E-state index in [9.17, 15) is 14.3 Å². The molecule has 1 amide bonds. The normalized spacial score (nSPS) is 12.9. The quantitative estimate of drug-likeness (QED) is 0.889. The molecule has 0 aliphatic carbocycles. The summed E-state index contributed by atoms with van der Waals surface area (Å²) in [5, 5.41) is 11.9. The Labute approximate surface area is 119 Å². The van der Waals surface area contributed by atoms with Crippen LogP contribution in [0.2, 0.25) is 0 Å². The third-order valence-corrected chi connectivity index (χ3v) is 2.53. The van der Waals surface area contributed by atoms with Crippen LogP contribution >= 0.6 is 0 Å². The number of benzene rings is 1. The van der Waals surface area contributed by atoms with Gasteiger partial charge in [0.05, 0.1) is 6.10 Å². The summed E-state index contributed by atoms with van der Waals surface area (Å²) in [4.78, 5) is 11.7. The van der Waals surface area contributed by atoms with Gasteiger partial charge in [-0.3, -0.25) is 5.32 Å². The summed E-state index contributed by atoms with van der Waals surface area (Å²) in [6, 6.07) is 4.13. The number of ether oxygens (including phenoxy) is 1. The maximum absolute atomic E-state index is 13.3. The van der Waals surface area contributed by atoms with Gasteiger partial charge in [0.25, 0.3) is 0 Å². The standard InChI is InChI=1S/C15H22FNO3/c1-10(18)5-6-11-9-12(16)7-8-13(11)17-14(19)20-15(2,3)4/h7-10,18H,5-6H2,1-4H3,(H,17,19). The van der Waals surface area contributed by atoms with Gasteiger partial charge in [-0.15, -0.1) is 0 Å². The van der Waals surface area contributed by atoms with E-state index in [4.69, 9.17) is 4.74 Å². The van der Waals surface area contributed by atoms with Gasteiger partial charge in [0, 0.05) is 5.69 Å². The second-order valence-corrected chi connectivity index (χ2v) is 5.82. The molecule has 0 saturated carbocycles. The predicted octanol–water partition coefficient (Wildman–Crippen LogP) is 3.49. The summed E-state index contributed by atoms with van der Waals surface area (Å²) >= 11 is 0. The van der Waals surface area contributed by atoms with Crippen LogP contribution in [-0.2, 0) is 11.2 Å². The number of aliphatic hydroxyl groups is 1. The number of hydrogen-bond donors (Lipinski definition) is 2. The summed E-state index contributed by atoms with van der Waals surface area (Å²) in [7, 11) is 0. The topological polar surface area (TPSA) is 58.6 Å². The highest BCUT2D eigenvalue weighted by Gasteiger charge is 2.17. The summed E-state index contributed by atoms with van der Waals surface area (Å²) in [5.74, 6) is -0.375. The van der Waals surface area contributed by atoms with Gasteiger partial charge >= 0.3 is 6.09 Å². The number of carbonyl (C=O) groups excluding carboxylic acids is 1. The van der Waals surface area contributed by atoms with E-state index in [2.05, 4.69) is 5.32 Å². The van der Waals surface area contributed by atoms with Crippen LogP contribution in [-0.4, -0.2) is 22.9 Å². The van der Waals surface area contributed by atoms with E-state index >= 15 is 0 Å². The van der Waals surface area contributed by atoms with Crippen molar-refractivity contribution in [2.75, 3.05) is 5.32 Å². The molecule has 1 unspecified atom stereocenters. The first kappa shape index (κ1) is 16.4. The van der Waals surface area contributed by atoms with Crippen molar-refractivity contribution in [2.24, 2.45) is 0 Å². The fourth-order valence-electron chi connectivity index (χ4n) is 1.67. The zero-order valence-corrected chi connectivity index (χ0v) is 12.4. The Morgan fingerprint density at radius 1 is 1.45 bits per heavy atom. The molecule has 0 bridgehead atoms. The van der Waals surface area contributed by atoms with Crippen LogP contribution in [0.1, 0.15) is 39.7 Å². The molecule has 0 aliphatic rings. The molecule has 112 valence electrons. The monoisotopic (exact) mass is 283 g/mol. The van der Waals surface area contributed by atoms with Crippen molar-refractivity contribution in [3.8, 4) is 0 Å². The highest BCUT2D eigenvalue weighted by atomic mass is 19.1. The van der Waals surface area contributed by atoms with Crippen LogP contribution in [0.25, 0.3) is 0 Å². The van der Waals surface area contributed by atoms with Gasteiger partial charge < -0.3 is 9.84 Å². The summed E-state index contributed by atoms with van der Waals surface area (Å²) < 4.78 is 18.4. The third-order valence-electron chi connectivity index (χ3n) is 2.53. The molecule has 1 aromatic rings. The Morgan fingerprint density at radius 3 is 2.65 bits per heavy atom. The molecule has 0 saturated heterocycles. The number of aliphatic hydroxyl groups excluding tert-OH is 1. The SMILES string of the molecule is CC(O)CCc1cc(F)ccc1NC(=O)OC(C)(C)C. The first-order valence-corrected chi connectivity index (χ1v) is 6.64. The Hall–Kier alpha value is -1.62. The van der Waals surface area contributed by atoms with Gasteiger partial charge in [-0.2, -0.15) is 0 Å². The van der Waals surface area contributed by atoms with Gasteiger partial charge in [0.15, 0.2) is 0 Å². The first-order chi connectivity index (χ1) is 9.17. The van der Waals surface area contributed by atoms with Crippen molar-refractivity contribution in [3.63, 3.8) is 0 Å². The van der Waals surface area contributed by atoms with E-state index in [1.807, 2.05) is 0 Å². The highest BCUT2D eigenvalue weighted by Crippen LogP contribution is 2.20. The van der Waals surface area contributed by atoms with Crippen molar-refractivity contribution in [3.05, 3.63) is 29.6 Å². The molecular formula is C15H22FNO3. The number of aryl methyl sites for hydroxylation is 1. The molecular weight excluding hydrogens is 261 g/mol. The number of carbonyl (C=O) groups is 1. The molecule has 0 aliphatic heterocycles. The predicted molar refractivity (Wildman–Crippen MR) is 76.3 cm³/mol. The summed E-state index contributed by atoms with van der Waals surface area (Å²) in [6.07, 6.45) is -0.0949. The zero-order valence-electron chi connectivity index (χ0n) is 12.4. The van der Waals surface area contributed by atoms with Crippen LogP contribution in [0.3, 0.4) is 0 Å². The molecule has 4 nitrogen and oxygen atoms in total. The number of nitrogens with one attached hydrogen (secondary N) is 1.